The maximum atomic E-state index is 12.3. The van der Waals surface area contributed by atoms with Gasteiger partial charge in [0.05, 0.1) is 6.26 Å². The molecule has 0 aromatic carbocycles. The fourth-order valence-electron chi connectivity index (χ4n) is 2.98. The highest BCUT2D eigenvalue weighted by atomic mass is 32.2. The first kappa shape index (κ1) is 18.6. The number of aliphatic hydroxyl groups excluding tert-OH is 1. The number of ether oxygens (including phenoxy) is 1. The summed E-state index contributed by atoms with van der Waals surface area (Å²) in [4.78, 5) is 13.9. The molecule has 0 bridgehead atoms. The first-order valence-electron chi connectivity index (χ1n) is 7.90. The standard InChI is InChI=1S/C14H26N2O6S/c1-23(20,21)15-10-14(19)4-5-16(9-12(14)17)13(18)8-11-2-6-22-7-3-11/h11-12,15,17,19H,2-10H2,1H3/t12-,14-/m1/s1. The first-order valence-corrected chi connectivity index (χ1v) is 9.79. The van der Waals surface area contributed by atoms with E-state index in [1.807, 2.05) is 0 Å². The van der Waals surface area contributed by atoms with Gasteiger partial charge in [0.25, 0.3) is 0 Å². The van der Waals surface area contributed by atoms with Crippen molar-refractivity contribution in [1.82, 2.24) is 9.62 Å². The summed E-state index contributed by atoms with van der Waals surface area (Å²) < 4.78 is 29.8. The second-order valence-electron chi connectivity index (χ2n) is 6.56. The average molecular weight is 350 g/mol. The number of hydrogen-bond donors (Lipinski definition) is 3. The summed E-state index contributed by atoms with van der Waals surface area (Å²) in [6, 6.07) is 0. The van der Waals surface area contributed by atoms with Crippen LogP contribution in [0.15, 0.2) is 0 Å². The van der Waals surface area contributed by atoms with Crippen LogP contribution in [0.5, 0.6) is 0 Å². The maximum absolute atomic E-state index is 12.3. The first-order chi connectivity index (χ1) is 10.7. The lowest BCUT2D eigenvalue weighted by Crippen LogP contribution is -2.61. The smallest absolute Gasteiger partial charge is 0.222 e. The molecular formula is C14H26N2O6S. The number of aliphatic hydroxyl groups is 2. The van der Waals surface area contributed by atoms with Gasteiger partial charge < -0.3 is 19.8 Å². The van der Waals surface area contributed by atoms with Crippen LogP contribution in [-0.4, -0.2) is 80.2 Å². The van der Waals surface area contributed by atoms with Crippen LogP contribution < -0.4 is 4.72 Å². The van der Waals surface area contributed by atoms with E-state index in [2.05, 4.69) is 4.72 Å². The van der Waals surface area contributed by atoms with Gasteiger partial charge in [-0.2, -0.15) is 0 Å². The van der Waals surface area contributed by atoms with Crippen molar-refractivity contribution in [1.29, 1.82) is 0 Å². The fourth-order valence-corrected chi connectivity index (χ4v) is 3.49. The molecule has 0 aliphatic carbocycles. The van der Waals surface area contributed by atoms with Crippen molar-refractivity contribution in [3.8, 4) is 0 Å². The second-order valence-corrected chi connectivity index (χ2v) is 8.40. The van der Waals surface area contributed by atoms with Gasteiger partial charge in [-0.25, -0.2) is 13.1 Å². The molecule has 2 heterocycles. The molecule has 3 N–H and O–H groups in total. The minimum absolute atomic E-state index is 0.0179. The summed E-state index contributed by atoms with van der Waals surface area (Å²) in [5.41, 5.74) is -1.54. The Morgan fingerprint density at radius 2 is 2.04 bits per heavy atom. The lowest BCUT2D eigenvalue weighted by atomic mass is 9.88. The Morgan fingerprint density at radius 3 is 2.61 bits per heavy atom. The highest BCUT2D eigenvalue weighted by molar-refractivity contribution is 7.88. The van der Waals surface area contributed by atoms with E-state index >= 15 is 0 Å². The number of piperidine rings is 1. The molecule has 2 aliphatic rings. The number of sulfonamides is 1. The topological polar surface area (TPSA) is 116 Å². The molecule has 8 nitrogen and oxygen atoms in total. The second kappa shape index (κ2) is 7.43. The van der Waals surface area contributed by atoms with E-state index in [4.69, 9.17) is 4.74 Å². The number of likely N-dealkylation sites (tertiary alicyclic amines) is 1. The maximum Gasteiger partial charge on any atom is 0.222 e. The molecule has 0 spiro atoms. The number of nitrogens with zero attached hydrogens (tertiary/aromatic N) is 1. The Balaban J connectivity index is 1.85. The normalized spacial score (nSPS) is 30.4. The van der Waals surface area contributed by atoms with Crippen molar-refractivity contribution >= 4 is 15.9 Å². The van der Waals surface area contributed by atoms with E-state index in [0.29, 0.717) is 32.1 Å². The Morgan fingerprint density at radius 1 is 1.39 bits per heavy atom. The van der Waals surface area contributed by atoms with Crippen LogP contribution in [0.25, 0.3) is 0 Å². The highest BCUT2D eigenvalue weighted by Crippen LogP contribution is 2.25. The van der Waals surface area contributed by atoms with Crippen molar-refractivity contribution in [2.24, 2.45) is 5.92 Å². The molecule has 1 amide bonds. The zero-order chi connectivity index (χ0) is 17.1. The number of carbonyl (C=O) groups is 1. The van der Waals surface area contributed by atoms with E-state index in [-0.39, 0.29) is 25.4 Å². The monoisotopic (exact) mass is 350 g/mol. The van der Waals surface area contributed by atoms with E-state index in [1.165, 1.54) is 0 Å². The molecule has 134 valence electrons. The van der Waals surface area contributed by atoms with Crippen molar-refractivity contribution in [2.45, 2.75) is 37.4 Å². The molecule has 2 fully saturated rings. The molecule has 0 unspecified atom stereocenters. The third-order valence-corrected chi connectivity index (χ3v) is 5.29. The number of amides is 1. The van der Waals surface area contributed by atoms with Crippen LogP contribution >= 0.6 is 0 Å². The number of β-amino-alcohol motifs (C(OH)–C–C–N with tert-alkyl or cyclic N) is 1. The van der Waals surface area contributed by atoms with Gasteiger partial charge in [-0.05, 0) is 25.2 Å². The third kappa shape index (κ3) is 5.39. The number of nitrogens with one attached hydrogen (secondary N) is 1. The number of rotatable bonds is 5. The zero-order valence-corrected chi connectivity index (χ0v) is 14.2. The number of hydrogen-bond acceptors (Lipinski definition) is 6. The van der Waals surface area contributed by atoms with Crippen LogP contribution in [0.1, 0.15) is 25.7 Å². The molecule has 23 heavy (non-hydrogen) atoms. The molecule has 0 radical (unpaired) electrons. The molecule has 9 heteroatoms. The van der Waals surface area contributed by atoms with Crippen LogP contribution in [0.4, 0.5) is 0 Å². The van der Waals surface area contributed by atoms with E-state index in [1.54, 1.807) is 4.90 Å². The average Bonchev–Trinajstić information content (AvgIpc) is 2.48. The van der Waals surface area contributed by atoms with Gasteiger partial charge in [-0.1, -0.05) is 0 Å². The molecule has 0 aromatic heterocycles. The Labute approximate surface area is 136 Å². The molecule has 0 aromatic rings. The molecule has 2 rings (SSSR count). The Hall–Kier alpha value is -0.740. The van der Waals surface area contributed by atoms with Gasteiger partial charge in [-0.15, -0.1) is 0 Å². The minimum Gasteiger partial charge on any atom is -0.388 e. The Bertz CT molecular complexity index is 519. The molecule has 0 saturated carbocycles. The van der Waals surface area contributed by atoms with Crippen molar-refractivity contribution in [3.05, 3.63) is 0 Å². The predicted octanol–water partition coefficient (Wildman–Crippen LogP) is -1.32. The minimum atomic E-state index is -3.45. The van der Waals surface area contributed by atoms with Gasteiger partial charge in [0.15, 0.2) is 0 Å². The van der Waals surface area contributed by atoms with Crippen LogP contribution in [0.3, 0.4) is 0 Å². The van der Waals surface area contributed by atoms with Gasteiger partial charge in [-0.3, -0.25) is 4.79 Å². The summed E-state index contributed by atoms with van der Waals surface area (Å²) in [6.07, 6.45) is 2.11. The van der Waals surface area contributed by atoms with E-state index in [9.17, 15) is 23.4 Å². The van der Waals surface area contributed by atoms with E-state index in [0.717, 1.165) is 19.1 Å². The van der Waals surface area contributed by atoms with Gasteiger partial charge >= 0.3 is 0 Å². The van der Waals surface area contributed by atoms with Crippen molar-refractivity contribution in [3.63, 3.8) is 0 Å². The fraction of sp³-hybridized carbons (Fsp3) is 0.929. The van der Waals surface area contributed by atoms with E-state index < -0.39 is 21.7 Å². The molecular weight excluding hydrogens is 324 g/mol. The largest absolute Gasteiger partial charge is 0.388 e. The van der Waals surface area contributed by atoms with Crippen LogP contribution in [0, 0.1) is 5.92 Å². The van der Waals surface area contributed by atoms with Crippen LogP contribution in [0.2, 0.25) is 0 Å². The van der Waals surface area contributed by atoms with Crippen LogP contribution in [-0.2, 0) is 19.6 Å². The SMILES string of the molecule is CS(=O)(=O)NC[C@]1(O)CCN(C(=O)CC2CCOCC2)C[C@H]1O. The van der Waals surface area contributed by atoms with Gasteiger partial charge in [0, 0.05) is 39.3 Å². The molecule has 2 saturated heterocycles. The van der Waals surface area contributed by atoms with Crippen molar-refractivity contribution < 1.29 is 28.2 Å². The third-order valence-electron chi connectivity index (χ3n) is 4.63. The lowest BCUT2D eigenvalue weighted by Gasteiger charge is -2.42. The molecule has 2 aliphatic heterocycles. The Kier molecular flexibility index (Phi) is 6.01. The van der Waals surface area contributed by atoms with Gasteiger partial charge in [0.2, 0.25) is 15.9 Å². The summed E-state index contributed by atoms with van der Waals surface area (Å²) >= 11 is 0. The van der Waals surface area contributed by atoms with Gasteiger partial charge in [0.1, 0.15) is 11.7 Å². The number of carbonyl (C=O) groups excluding carboxylic acids is 1. The summed E-state index contributed by atoms with van der Waals surface area (Å²) in [6.45, 7) is 1.43. The quantitative estimate of drug-likeness (QED) is 0.566. The molecule has 2 atom stereocenters. The highest BCUT2D eigenvalue weighted by Gasteiger charge is 2.42. The lowest BCUT2D eigenvalue weighted by molar-refractivity contribution is -0.149. The summed E-state index contributed by atoms with van der Waals surface area (Å²) in [7, 11) is -3.45. The zero-order valence-electron chi connectivity index (χ0n) is 13.4. The predicted molar refractivity (Wildman–Crippen MR) is 83.2 cm³/mol. The summed E-state index contributed by atoms with van der Waals surface area (Å²) in [5, 5.41) is 20.5. The summed E-state index contributed by atoms with van der Waals surface area (Å²) in [5.74, 6) is 0.273. The van der Waals surface area contributed by atoms with Crippen molar-refractivity contribution in [2.75, 3.05) is 39.1 Å².